The van der Waals surface area contributed by atoms with E-state index in [0.717, 1.165) is 0 Å². The number of hydrogen-bond donors (Lipinski definition) is 1. The zero-order chi connectivity index (χ0) is 8.65. The van der Waals surface area contributed by atoms with Gasteiger partial charge in [-0.15, -0.1) is 0 Å². The number of amides is 2. The summed E-state index contributed by atoms with van der Waals surface area (Å²) in [6.07, 6.45) is -1.29. The third-order valence-corrected chi connectivity index (χ3v) is 1.47. The van der Waals surface area contributed by atoms with Crippen LogP contribution >= 0.6 is 0 Å². The molecule has 1 saturated heterocycles. The van der Waals surface area contributed by atoms with Gasteiger partial charge in [0.2, 0.25) is 0 Å². The molecule has 1 aliphatic rings. The first-order valence-corrected chi connectivity index (χ1v) is 3.43. The van der Waals surface area contributed by atoms with Crippen molar-refractivity contribution in [1.82, 2.24) is 5.32 Å². The first-order chi connectivity index (χ1) is 4.91. The van der Waals surface area contributed by atoms with E-state index in [-0.39, 0.29) is 11.3 Å². The van der Waals surface area contributed by atoms with Crippen LogP contribution in [-0.2, 0) is 9.53 Å². The van der Waals surface area contributed by atoms with Gasteiger partial charge < -0.3 is 4.74 Å². The highest BCUT2D eigenvalue weighted by Gasteiger charge is 2.40. The molecule has 2 amide bonds. The fourth-order valence-corrected chi connectivity index (χ4v) is 0.926. The Balaban J connectivity index is 2.76. The largest absolute Gasteiger partial charge is 0.435 e. The monoisotopic (exact) mass is 157 g/mol. The van der Waals surface area contributed by atoms with Crippen molar-refractivity contribution in [3.63, 3.8) is 0 Å². The molecule has 1 unspecified atom stereocenters. The van der Waals surface area contributed by atoms with E-state index < -0.39 is 12.2 Å². The minimum Gasteiger partial charge on any atom is -0.435 e. The van der Waals surface area contributed by atoms with Gasteiger partial charge in [-0.05, 0) is 0 Å². The molecule has 1 heterocycles. The van der Waals surface area contributed by atoms with Crippen molar-refractivity contribution in [1.29, 1.82) is 0 Å². The molecular weight excluding hydrogens is 146 g/mol. The average Bonchev–Trinajstić information content (AvgIpc) is 2.08. The summed E-state index contributed by atoms with van der Waals surface area (Å²) in [5.41, 5.74) is -0.323. The van der Waals surface area contributed by atoms with E-state index in [4.69, 9.17) is 4.74 Å². The lowest BCUT2D eigenvalue weighted by Crippen LogP contribution is -2.34. The van der Waals surface area contributed by atoms with Crippen LogP contribution in [-0.4, -0.2) is 18.1 Å². The summed E-state index contributed by atoms with van der Waals surface area (Å²) >= 11 is 0. The van der Waals surface area contributed by atoms with Crippen molar-refractivity contribution in [3.05, 3.63) is 0 Å². The second kappa shape index (κ2) is 2.22. The topological polar surface area (TPSA) is 55.4 Å². The highest BCUT2D eigenvalue weighted by atomic mass is 16.6. The van der Waals surface area contributed by atoms with E-state index in [0.29, 0.717) is 0 Å². The molecule has 0 spiro atoms. The summed E-state index contributed by atoms with van der Waals surface area (Å²) in [5.74, 6) is -0.345. The number of cyclic esters (lactones) is 1. The Morgan fingerprint density at radius 1 is 1.36 bits per heavy atom. The highest BCUT2D eigenvalue weighted by Crippen LogP contribution is 2.24. The molecule has 4 heteroatoms. The molecule has 0 radical (unpaired) electrons. The molecule has 1 fully saturated rings. The van der Waals surface area contributed by atoms with Gasteiger partial charge in [0, 0.05) is 5.41 Å². The maximum absolute atomic E-state index is 11.0. The predicted molar refractivity (Wildman–Crippen MR) is 37.9 cm³/mol. The number of rotatable bonds is 0. The number of hydrogen-bond acceptors (Lipinski definition) is 3. The molecule has 0 aliphatic carbocycles. The van der Waals surface area contributed by atoms with Gasteiger partial charge in [0.05, 0.1) is 0 Å². The van der Waals surface area contributed by atoms with E-state index in [2.05, 4.69) is 5.32 Å². The van der Waals surface area contributed by atoms with Gasteiger partial charge in [0.15, 0.2) is 6.10 Å². The highest BCUT2D eigenvalue weighted by molar-refractivity contribution is 6.00. The van der Waals surface area contributed by atoms with Gasteiger partial charge in [-0.25, -0.2) is 4.79 Å². The molecule has 4 nitrogen and oxygen atoms in total. The lowest BCUT2D eigenvalue weighted by Gasteiger charge is -2.21. The van der Waals surface area contributed by atoms with Crippen LogP contribution in [0.25, 0.3) is 0 Å². The number of nitrogens with one attached hydrogen (secondary N) is 1. The number of imide groups is 1. The van der Waals surface area contributed by atoms with Gasteiger partial charge in [0.1, 0.15) is 0 Å². The number of alkyl carbamates (subject to hydrolysis) is 1. The number of carbonyl (C=O) groups excluding carboxylic acids is 2. The minimum atomic E-state index is -0.644. The number of carbonyl (C=O) groups is 2. The molecule has 0 aromatic carbocycles. The van der Waals surface area contributed by atoms with Crippen LogP contribution < -0.4 is 5.32 Å². The third-order valence-electron chi connectivity index (χ3n) is 1.47. The Kier molecular flexibility index (Phi) is 1.62. The van der Waals surface area contributed by atoms with Crippen LogP contribution in [0.4, 0.5) is 4.79 Å². The molecule has 1 rings (SSSR count). The summed E-state index contributed by atoms with van der Waals surface area (Å²) in [6, 6.07) is 0. The van der Waals surface area contributed by atoms with Gasteiger partial charge >= 0.3 is 6.09 Å². The van der Waals surface area contributed by atoms with Crippen LogP contribution in [0.15, 0.2) is 0 Å². The summed E-state index contributed by atoms with van der Waals surface area (Å²) in [6.45, 7) is 5.53. The maximum atomic E-state index is 11.0. The SMILES string of the molecule is CC(C)(C)C1OC(=O)NC1=O. The van der Waals surface area contributed by atoms with Crippen molar-refractivity contribution in [2.45, 2.75) is 26.9 Å². The summed E-state index contributed by atoms with van der Waals surface area (Å²) in [4.78, 5) is 21.5. The van der Waals surface area contributed by atoms with Crippen molar-refractivity contribution in [2.24, 2.45) is 5.41 Å². The lowest BCUT2D eigenvalue weighted by atomic mass is 9.89. The van der Waals surface area contributed by atoms with E-state index in [1.54, 1.807) is 0 Å². The fourth-order valence-electron chi connectivity index (χ4n) is 0.926. The molecule has 0 aromatic rings. The Morgan fingerprint density at radius 2 is 1.91 bits per heavy atom. The second-order valence-corrected chi connectivity index (χ2v) is 3.64. The molecular formula is C7H11NO3. The molecule has 1 N–H and O–H groups in total. The Hall–Kier alpha value is -1.06. The van der Waals surface area contributed by atoms with Crippen LogP contribution in [0.3, 0.4) is 0 Å². The van der Waals surface area contributed by atoms with Crippen molar-refractivity contribution >= 4 is 12.0 Å². The van der Waals surface area contributed by atoms with E-state index in [9.17, 15) is 9.59 Å². The first-order valence-electron chi connectivity index (χ1n) is 3.43. The fraction of sp³-hybridized carbons (Fsp3) is 0.714. The van der Waals surface area contributed by atoms with Crippen LogP contribution in [0.2, 0.25) is 0 Å². The van der Waals surface area contributed by atoms with Gasteiger partial charge in [-0.1, -0.05) is 20.8 Å². The van der Waals surface area contributed by atoms with Crippen molar-refractivity contribution in [3.8, 4) is 0 Å². The minimum absolute atomic E-state index is 0.323. The van der Waals surface area contributed by atoms with Crippen LogP contribution in [0.1, 0.15) is 20.8 Å². The molecule has 0 saturated carbocycles. The van der Waals surface area contributed by atoms with Gasteiger partial charge in [0.25, 0.3) is 5.91 Å². The summed E-state index contributed by atoms with van der Waals surface area (Å²) in [5, 5.41) is 2.07. The smallest absolute Gasteiger partial charge is 0.414 e. The van der Waals surface area contributed by atoms with Crippen molar-refractivity contribution in [2.75, 3.05) is 0 Å². The van der Waals surface area contributed by atoms with Crippen LogP contribution in [0.5, 0.6) is 0 Å². The normalized spacial score (nSPS) is 24.8. The lowest BCUT2D eigenvalue weighted by molar-refractivity contribution is -0.127. The maximum Gasteiger partial charge on any atom is 0.414 e. The zero-order valence-electron chi connectivity index (χ0n) is 6.80. The third kappa shape index (κ3) is 1.50. The number of ether oxygens (including phenoxy) is 1. The first kappa shape index (κ1) is 8.04. The van der Waals surface area contributed by atoms with E-state index in [1.165, 1.54) is 0 Å². The Morgan fingerprint density at radius 3 is 2.09 bits per heavy atom. The molecule has 62 valence electrons. The van der Waals surface area contributed by atoms with E-state index >= 15 is 0 Å². The molecule has 1 aliphatic heterocycles. The summed E-state index contributed by atoms with van der Waals surface area (Å²) < 4.78 is 4.74. The molecule has 0 bridgehead atoms. The Labute approximate surface area is 64.9 Å². The average molecular weight is 157 g/mol. The quantitative estimate of drug-likeness (QED) is 0.562. The van der Waals surface area contributed by atoms with Crippen molar-refractivity contribution < 1.29 is 14.3 Å². The molecule has 1 atom stereocenters. The zero-order valence-corrected chi connectivity index (χ0v) is 6.80. The summed E-state index contributed by atoms with van der Waals surface area (Å²) in [7, 11) is 0. The standard InChI is InChI=1S/C7H11NO3/c1-7(2,3)4-5(9)8-6(10)11-4/h4H,1-3H3,(H,8,9,10). The molecule has 0 aromatic heterocycles. The second-order valence-electron chi connectivity index (χ2n) is 3.64. The Bertz CT molecular complexity index is 204. The van der Waals surface area contributed by atoms with E-state index in [1.807, 2.05) is 20.8 Å². The van der Waals surface area contributed by atoms with Gasteiger partial charge in [-0.2, -0.15) is 0 Å². The van der Waals surface area contributed by atoms with Crippen LogP contribution in [0, 0.1) is 5.41 Å². The van der Waals surface area contributed by atoms with Gasteiger partial charge in [-0.3, -0.25) is 10.1 Å². The molecule has 11 heavy (non-hydrogen) atoms. The predicted octanol–water partition coefficient (Wildman–Crippen LogP) is 0.667.